The van der Waals surface area contributed by atoms with E-state index < -0.39 is 5.97 Å². The normalized spacial score (nSPS) is 14.3. The van der Waals surface area contributed by atoms with Gasteiger partial charge in [-0.15, -0.1) is 0 Å². The molecule has 0 spiro atoms. The average molecular weight is 417 g/mol. The molecule has 2 aromatic carbocycles. The highest BCUT2D eigenvalue weighted by Gasteiger charge is 2.28. The number of carbonyl (C=O) groups excluding carboxylic acids is 2. The predicted octanol–water partition coefficient (Wildman–Crippen LogP) is 4.40. The van der Waals surface area contributed by atoms with E-state index in [2.05, 4.69) is 15.9 Å². The first-order chi connectivity index (χ1) is 12.4. The quantitative estimate of drug-likeness (QED) is 0.533. The lowest BCUT2D eigenvalue weighted by atomic mass is 10.1. The predicted molar refractivity (Wildman–Crippen MR) is 100 cm³/mol. The van der Waals surface area contributed by atoms with Gasteiger partial charge in [0.2, 0.25) is 5.78 Å². The SMILES string of the molecule is CC(C)OC(=O)COc1ccc2c(c1)OC(=Cc1ccccc1Br)C2=O. The van der Waals surface area contributed by atoms with Gasteiger partial charge in [-0.3, -0.25) is 4.79 Å². The summed E-state index contributed by atoms with van der Waals surface area (Å²) in [6, 6.07) is 12.4. The minimum Gasteiger partial charge on any atom is -0.482 e. The number of allylic oxidation sites excluding steroid dienone is 1. The van der Waals surface area contributed by atoms with Crippen molar-refractivity contribution in [3.05, 3.63) is 63.8 Å². The molecule has 0 N–H and O–H groups in total. The second-order valence-corrected chi connectivity index (χ2v) is 6.80. The van der Waals surface area contributed by atoms with Gasteiger partial charge < -0.3 is 14.2 Å². The van der Waals surface area contributed by atoms with Crippen LogP contribution in [0.4, 0.5) is 0 Å². The Kier molecular flexibility index (Phi) is 5.42. The molecule has 0 aliphatic carbocycles. The Morgan fingerprint density at radius 1 is 1.23 bits per heavy atom. The second-order valence-electron chi connectivity index (χ2n) is 5.95. The standard InChI is InChI=1S/C20H17BrO5/c1-12(2)25-19(22)11-24-14-7-8-15-17(10-14)26-18(20(15)23)9-13-5-3-4-6-16(13)21/h3-10,12H,11H2,1-2H3. The van der Waals surface area contributed by atoms with Gasteiger partial charge in [0.1, 0.15) is 11.5 Å². The molecule has 134 valence electrons. The van der Waals surface area contributed by atoms with Crippen LogP contribution in [0.15, 0.2) is 52.7 Å². The van der Waals surface area contributed by atoms with Gasteiger partial charge in [0.05, 0.1) is 11.7 Å². The molecule has 1 aliphatic heterocycles. The fourth-order valence-corrected chi connectivity index (χ4v) is 2.83. The highest BCUT2D eigenvalue weighted by atomic mass is 79.9. The zero-order valence-electron chi connectivity index (χ0n) is 14.3. The first-order valence-corrected chi connectivity index (χ1v) is 8.88. The maximum absolute atomic E-state index is 12.5. The summed E-state index contributed by atoms with van der Waals surface area (Å²) in [5, 5.41) is 0. The number of hydrogen-bond acceptors (Lipinski definition) is 5. The molecule has 5 nitrogen and oxygen atoms in total. The molecule has 3 rings (SSSR count). The highest BCUT2D eigenvalue weighted by Crippen LogP contribution is 2.35. The van der Waals surface area contributed by atoms with E-state index in [0.717, 1.165) is 10.0 Å². The van der Waals surface area contributed by atoms with Crippen LogP contribution in [0.1, 0.15) is 29.8 Å². The molecule has 0 aromatic heterocycles. The van der Waals surface area contributed by atoms with Crippen LogP contribution in [-0.4, -0.2) is 24.5 Å². The third kappa shape index (κ3) is 4.14. The molecule has 1 heterocycles. The fourth-order valence-electron chi connectivity index (χ4n) is 2.43. The molecular formula is C20H17BrO5. The summed E-state index contributed by atoms with van der Waals surface area (Å²) < 4.78 is 17.0. The summed E-state index contributed by atoms with van der Waals surface area (Å²) in [6.07, 6.45) is 1.49. The van der Waals surface area contributed by atoms with Gasteiger partial charge in [-0.1, -0.05) is 34.1 Å². The number of Topliss-reactive ketones (excluding diaryl/α,β-unsaturated/α-hetero) is 1. The van der Waals surface area contributed by atoms with Crippen LogP contribution in [0.3, 0.4) is 0 Å². The van der Waals surface area contributed by atoms with Crippen molar-refractivity contribution >= 4 is 33.8 Å². The molecule has 0 saturated heterocycles. The van der Waals surface area contributed by atoms with E-state index in [1.165, 1.54) is 0 Å². The lowest BCUT2D eigenvalue weighted by Crippen LogP contribution is -2.18. The van der Waals surface area contributed by atoms with E-state index in [4.69, 9.17) is 14.2 Å². The van der Waals surface area contributed by atoms with Crippen LogP contribution in [0.25, 0.3) is 6.08 Å². The van der Waals surface area contributed by atoms with E-state index >= 15 is 0 Å². The number of ether oxygens (including phenoxy) is 3. The van der Waals surface area contributed by atoms with Gasteiger partial charge >= 0.3 is 5.97 Å². The lowest BCUT2D eigenvalue weighted by molar-refractivity contribution is -0.149. The number of carbonyl (C=O) groups is 2. The van der Waals surface area contributed by atoms with Crippen molar-refractivity contribution in [3.63, 3.8) is 0 Å². The number of ketones is 1. The minimum atomic E-state index is -0.452. The molecular weight excluding hydrogens is 400 g/mol. The lowest BCUT2D eigenvalue weighted by Gasteiger charge is -2.09. The van der Waals surface area contributed by atoms with Crippen molar-refractivity contribution in [3.8, 4) is 11.5 Å². The summed E-state index contributed by atoms with van der Waals surface area (Å²) in [7, 11) is 0. The average Bonchev–Trinajstić information content (AvgIpc) is 2.90. The molecule has 26 heavy (non-hydrogen) atoms. The van der Waals surface area contributed by atoms with Gasteiger partial charge in [0.15, 0.2) is 12.4 Å². The van der Waals surface area contributed by atoms with Gasteiger partial charge in [-0.25, -0.2) is 4.79 Å². The molecule has 6 heteroatoms. The topological polar surface area (TPSA) is 61.8 Å². The van der Waals surface area contributed by atoms with Crippen LogP contribution in [0.5, 0.6) is 11.5 Å². The van der Waals surface area contributed by atoms with Crippen LogP contribution in [0.2, 0.25) is 0 Å². The van der Waals surface area contributed by atoms with Crippen LogP contribution in [-0.2, 0) is 9.53 Å². The number of rotatable bonds is 5. The van der Waals surface area contributed by atoms with E-state index in [0.29, 0.717) is 17.1 Å². The van der Waals surface area contributed by atoms with Gasteiger partial charge in [-0.2, -0.15) is 0 Å². The first-order valence-electron chi connectivity index (χ1n) is 8.09. The number of hydrogen-bond donors (Lipinski definition) is 0. The summed E-state index contributed by atoms with van der Waals surface area (Å²) >= 11 is 3.45. The molecule has 2 aromatic rings. The molecule has 0 saturated carbocycles. The maximum Gasteiger partial charge on any atom is 0.344 e. The third-order valence-electron chi connectivity index (χ3n) is 3.56. The fraction of sp³-hybridized carbons (Fsp3) is 0.200. The van der Waals surface area contributed by atoms with Crippen molar-refractivity contribution in [2.45, 2.75) is 20.0 Å². The van der Waals surface area contributed by atoms with Gasteiger partial charge in [0, 0.05) is 10.5 Å². The smallest absolute Gasteiger partial charge is 0.344 e. The monoisotopic (exact) mass is 416 g/mol. The van der Waals surface area contributed by atoms with Crippen molar-refractivity contribution in [2.75, 3.05) is 6.61 Å². The molecule has 0 atom stereocenters. The molecule has 0 amide bonds. The van der Waals surface area contributed by atoms with Crippen molar-refractivity contribution in [1.29, 1.82) is 0 Å². The number of fused-ring (bicyclic) bond motifs is 1. The summed E-state index contributed by atoms with van der Waals surface area (Å²) in [4.78, 5) is 24.0. The van der Waals surface area contributed by atoms with Crippen molar-refractivity contribution in [2.24, 2.45) is 0 Å². The zero-order valence-corrected chi connectivity index (χ0v) is 15.9. The summed E-state index contributed by atoms with van der Waals surface area (Å²) in [6.45, 7) is 3.34. The van der Waals surface area contributed by atoms with E-state index in [9.17, 15) is 9.59 Å². The van der Waals surface area contributed by atoms with Crippen LogP contribution < -0.4 is 9.47 Å². The number of halogens is 1. The van der Waals surface area contributed by atoms with E-state index in [-0.39, 0.29) is 24.3 Å². The molecule has 0 radical (unpaired) electrons. The van der Waals surface area contributed by atoms with Gasteiger partial charge in [0.25, 0.3) is 0 Å². The number of esters is 1. The third-order valence-corrected chi connectivity index (χ3v) is 4.28. The highest BCUT2D eigenvalue weighted by molar-refractivity contribution is 9.10. The number of benzene rings is 2. The first kappa shape index (κ1) is 18.2. The molecule has 0 bridgehead atoms. The molecule has 1 aliphatic rings. The zero-order chi connectivity index (χ0) is 18.7. The van der Waals surface area contributed by atoms with E-state index in [1.54, 1.807) is 38.1 Å². The Morgan fingerprint density at radius 2 is 2.00 bits per heavy atom. The Hall–Kier alpha value is -2.60. The maximum atomic E-state index is 12.5. The van der Waals surface area contributed by atoms with Crippen molar-refractivity contribution in [1.82, 2.24) is 0 Å². The van der Waals surface area contributed by atoms with E-state index in [1.807, 2.05) is 24.3 Å². The Morgan fingerprint density at radius 3 is 2.73 bits per heavy atom. The summed E-state index contributed by atoms with van der Waals surface area (Å²) in [5.41, 5.74) is 1.30. The Balaban J connectivity index is 1.74. The minimum absolute atomic E-state index is 0.193. The summed E-state index contributed by atoms with van der Waals surface area (Å²) in [5.74, 6) is 0.430. The van der Waals surface area contributed by atoms with Crippen LogP contribution in [0, 0.1) is 0 Å². The van der Waals surface area contributed by atoms with Crippen molar-refractivity contribution < 1.29 is 23.8 Å². The Labute approximate surface area is 159 Å². The van der Waals surface area contributed by atoms with Crippen LogP contribution >= 0.6 is 15.9 Å². The molecule has 0 unspecified atom stereocenters. The molecule has 0 fully saturated rings. The second kappa shape index (κ2) is 7.74. The Bertz CT molecular complexity index is 886. The van der Waals surface area contributed by atoms with Gasteiger partial charge in [-0.05, 0) is 43.7 Å². The largest absolute Gasteiger partial charge is 0.482 e.